The maximum Gasteiger partial charge on any atom is 0.336 e. The van der Waals surface area contributed by atoms with Crippen LogP contribution in [0.4, 0.5) is 0 Å². The van der Waals surface area contributed by atoms with E-state index in [-0.39, 0.29) is 17.3 Å². The summed E-state index contributed by atoms with van der Waals surface area (Å²) in [6, 6.07) is 8.46. The minimum atomic E-state index is -0.0242. The Labute approximate surface area is 169 Å². The average molecular weight is 386 g/mol. The number of hydrogen-bond acceptors (Lipinski definition) is 4. The van der Waals surface area contributed by atoms with Crippen LogP contribution in [0.25, 0.3) is 11.4 Å². The van der Waals surface area contributed by atoms with Crippen molar-refractivity contribution >= 4 is 5.91 Å². The third-order valence-corrected chi connectivity index (χ3v) is 4.85. The van der Waals surface area contributed by atoms with Crippen molar-refractivity contribution in [2.24, 2.45) is 0 Å². The summed E-state index contributed by atoms with van der Waals surface area (Å²) in [7, 11) is 0. The molecule has 0 saturated heterocycles. The monoisotopic (exact) mass is 385 g/mol. The number of carbonyl (C=O) groups is 1. The molecule has 0 saturated carbocycles. The molecule has 1 heterocycles. The van der Waals surface area contributed by atoms with Crippen LogP contribution >= 0.6 is 0 Å². The van der Waals surface area contributed by atoms with Crippen LogP contribution in [0.1, 0.15) is 89.9 Å². The van der Waals surface area contributed by atoms with Crippen molar-refractivity contribution in [2.75, 3.05) is 6.61 Å². The summed E-state index contributed by atoms with van der Waals surface area (Å²) in [5, 5.41) is 4.31. The zero-order valence-electron chi connectivity index (χ0n) is 18.1. The van der Waals surface area contributed by atoms with Crippen molar-refractivity contribution in [1.82, 2.24) is 14.8 Å². The van der Waals surface area contributed by atoms with Crippen LogP contribution in [0.3, 0.4) is 0 Å². The molecule has 1 aromatic carbocycles. The fourth-order valence-corrected chi connectivity index (χ4v) is 3.13. The molecule has 0 amide bonds. The molecule has 2 aromatic rings. The summed E-state index contributed by atoms with van der Waals surface area (Å²) in [6.07, 6.45) is 7.37. The Hall–Kier alpha value is -2.17. The second-order valence-electron chi connectivity index (χ2n) is 8.30. The van der Waals surface area contributed by atoms with Gasteiger partial charge in [0.15, 0.2) is 5.82 Å². The fraction of sp³-hybridized carbons (Fsp3) is 0.609. The number of benzene rings is 1. The summed E-state index contributed by atoms with van der Waals surface area (Å²) in [5.41, 5.74) is 2.20. The van der Waals surface area contributed by atoms with Crippen molar-refractivity contribution in [3.8, 4) is 17.4 Å². The van der Waals surface area contributed by atoms with Gasteiger partial charge in [0.05, 0.1) is 6.61 Å². The minimum Gasteiger partial charge on any atom is -0.463 e. The molecule has 0 fully saturated rings. The van der Waals surface area contributed by atoms with E-state index in [0.29, 0.717) is 18.9 Å². The molecule has 0 bridgehead atoms. The van der Waals surface area contributed by atoms with Gasteiger partial charge in [0.25, 0.3) is 0 Å². The van der Waals surface area contributed by atoms with E-state index in [1.807, 2.05) is 19.1 Å². The Balaban J connectivity index is 2.14. The number of hydrogen-bond donors (Lipinski definition) is 0. The number of carbonyl (C=O) groups excluding carboxylic acids is 1. The van der Waals surface area contributed by atoms with Gasteiger partial charge in [-0.25, -0.2) is 0 Å². The number of nitrogens with zero attached hydrogens (tertiary/aromatic N) is 3. The van der Waals surface area contributed by atoms with Gasteiger partial charge < -0.3 is 4.74 Å². The molecule has 0 aliphatic carbocycles. The zero-order chi connectivity index (χ0) is 20.6. The molecule has 28 heavy (non-hydrogen) atoms. The molecule has 0 N–H and O–H groups in total. The zero-order valence-corrected chi connectivity index (χ0v) is 18.1. The summed E-state index contributed by atoms with van der Waals surface area (Å²) < 4.78 is 6.87. The quantitative estimate of drug-likeness (QED) is 0.468. The van der Waals surface area contributed by atoms with E-state index in [1.54, 1.807) is 0 Å². The SMILES string of the molecule is CCCCCCCCC(=O)n1nc(OCC)nc1-c1ccc(C(C)(C)C)cc1. The molecule has 0 atom stereocenters. The van der Waals surface area contributed by atoms with Gasteiger partial charge in [-0.3, -0.25) is 4.79 Å². The molecule has 5 heteroatoms. The third kappa shape index (κ3) is 6.18. The van der Waals surface area contributed by atoms with Crippen LogP contribution in [0.2, 0.25) is 0 Å². The van der Waals surface area contributed by atoms with Gasteiger partial charge in [-0.15, -0.1) is 5.10 Å². The van der Waals surface area contributed by atoms with E-state index >= 15 is 0 Å². The second kappa shape index (κ2) is 10.4. The fourth-order valence-electron chi connectivity index (χ4n) is 3.13. The Kier molecular flexibility index (Phi) is 8.21. The first-order valence-electron chi connectivity index (χ1n) is 10.6. The lowest BCUT2D eigenvalue weighted by atomic mass is 9.87. The molecule has 0 unspecified atom stereocenters. The van der Waals surface area contributed by atoms with Gasteiger partial charge in [-0.05, 0) is 24.3 Å². The predicted octanol–water partition coefficient (Wildman–Crippen LogP) is 6.03. The van der Waals surface area contributed by atoms with Crippen LogP contribution in [-0.4, -0.2) is 27.3 Å². The predicted molar refractivity (Wildman–Crippen MR) is 114 cm³/mol. The molecular formula is C23H35N3O2. The highest BCUT2D eigenvalue weighted by Crippen LogP contribution is 2.26. The topological polar surface area (TPSA) is 57.0 Å². The van der Waals surface area contributed by atoms with Crippen molar-refractivity contribution < 1.29 is 9.53 Å². The highest BCUT2D eigenvalue weighted by Gasteiger charge is 2.19. The molecule has 0 aliphatic heterocycles. The van der Waals surface area contributed by atoms with E-state index in [4.69, 9.17) is 4.74 Å². The standard InChI is InChI=1S/C23H35N3O2/c1-6-8-9-10-11-12-13-20(27)26-21(24-22(25-26)28-7-2)18-14-16-19(17-15-18)23(3,4)5/h14-17H,6-13H2,1-5H3. The molecule has 2 rings (SSSR count). The highest BCUT2D eigenvalue weighted by atomic mass is 16.5. The first kappa shape index (κ1) is 22.1. The Morgan fingerprint density at radius 1 is 1.00 bits per heavy atom. The van der Waals surface area contributed by atoms with E-state index in [0.717, 1.165) is 18.4 Å². The molecule has 154 valence electrons. The number of rotatable bonds is 10. The lowest BCUT2D eigenvalue weighted by molar-refractivity contribution is 0.0883. The third-order valence-electron chi connectivity index (χ3n) is 4.85. The summed E-state index contributed by atoms with van der Waals surface area (Å²) >= 11 is 0. The molecule has 1 aromatic heterocycles. The summed E-state index contributed by atoms with van der Waals surface area (Å²) in [5.74, 6) is 0.531. The Morgan fingerprint density at radius 2 is 1.64 bits per heavy atom. The second-order valence-corrected chi connectivity index (χ2v) is 8.30. The van der Waals surface area contributed by atoms with Crippen LogP contribution in [-0.2, 0) is 5.41 Å². The van der Waals surface area contributed by atoms with Gasteiger partial charge in [-0.2, -0.15) is 9.67 Å². The van der Waals surface area contributed by atoms with E-state index in [2.05, 4.69) is 49.9 Å². The number of ether oxygens (including phenoxy) is 1. The summed E-state index contributed by atoms with van der Waals surface area (Å²) in [4.78, 5) is 17.2. The average Bonchev–Trinajstić information content (AvgIpc) is 3.08. The Morgan fingerprint density at radius 3 is 2.25 bits per heavy atom. The van der Waals surface area contributed by atoms with Gasteiger partial charge >= 0.3 is 6.01 Å². The Bertz CT molecular complexity index is 742. The van der Waals surface area contributed by atoms with E-state index in [9.17, 15) is 4.79 Å². The first-order valence-corrected chi connectivity index (χ1v) is 10.6. The maximum atomic E-state index is 12.8. The van der Waals surface area contributed by atoms with Crippen molar-refractivity contribution in [3.63, 3.8) is 0 Å². The van der Waals surface area contributed by atoms with Crippen molar-refractivity contribution in [1.29, 1.82) is 0 Å². The number of aromatic nitrogens is 3. The summed E-state index contributed by atoms with van der Waals surface area (Å²) in [6.45, 7) is 11.1. The largest absolute Gasteiger partial charge is 0.463 e. The van der Waals surface area contributed by atoms with Crippen molar-refractivity contribution in [2.45, 2.75) is 85.0 Å². The van der Waals surface area contributed by atoms with Crippen LogP contribution < -0.4 is 4.74 Å². The molecule has 5 nitrogen and oxygen atoms in total. The van der Waals surface area contributed by atoms with Gasteiger partial charge in [0, 0.05) is 12.0 Å². The van der Waals surface area contributed by atoms with Crippen LogP contribution in [0.15, 0.2) is 24.3 Å². The normalized spacial score (nSPS) is 11.6. The van der Waals surface area contributed by atoms with Gasteiger partial charge in [0.1, 0.15) is 0 Å². The molecule has 0 spiro atoms. The van der Waals surface area contributed by atoms with Gasteiger partial charge in [0.2, 0.25) is 5.91 Å². The lowest BCUT2D eigenvalue weighted by Gasteiger charge is -2.19. The maximum absolute atomic E-state index is 12.8. The minimum absolute atomic E-state index is 0.0242. The molecular weight excluding hydrogens is 350 g/mol. The number of unbranched alkanes of at least 4 members (excludes halogenated alkanes) is 5. The first-order chi connectivity index (χ1) is 13.4. The molecule has 0 aliphatic rings. The van der Waals surface area contributed by atoms with E-state index in [1.165, 1.54) is 35.9 Å². The lowest BCUT2D eigenvalue weighted by Crippen LogP contribution is -2.14. The highest BCUT2D eigenvalue weighted by molar-refractivity contribution is 5.82. The van der Waals surface area contributed by atoms with Crippen molar-refractivity contribution in [3.05, 3.63) is 29.8 Å². The van der Waals surface area contributed by atoms with Crippen LogP contribution in [0.5, 0.6) is 6.01 Å². The smallest absolute Gasteiger partial charge is 0.336 e. The van der Waals surface area contributed by atoms with E-state index < -0.39 is 0 Å². The van der Waals surface area contributed by atoms with Gasteiger partial charge in [-0.1, -0.05) is 84.1 Å². The van der Waals surface area contributed by atoms with Crippen LogP contribution in [0, 0.1) is 0 Å². The molecule has 0 radical (unpaired) electrons.